The molecule has 0 bridgehead atoms. The van der Waals surface area contributed by atoms with Crippen molar-refractivity contribution in [3.63, 3.8) is 0 Å². The molecule has 1 aliphatic rings. The number of thioether (sulfide) groups is 2. The summed E-state index contributed by atoms with van der Waals surface area (Å²) in [5.41, 5.74) is 0.773. The summed E-state index contributed by atoms with van der Waals surface area (Å²) >= 11 is 3.48. The summed E-state index contributed by atoms with van der Waals surface area (Å²) in [6.07, 6.45) is 2.35. The lowest BCUT2D eigenvalue weighted by molar-refractivity contribution is -0.138. The van der Waals surface area contributed by atoms with Gasteiger partial charge in [-0.3, -0.25) is 0 Å². The van der Waals surface area contributed by atoms with Gasteiger partial charge in [0, 0.05) is 11.5 Å². The third-order valence-electron chi connectivity index (χ3n) is 1.67. The molecule has 0 N–H and O–H groups in total. The van der Waals surface area contributed by atoms with Gasteiger partial charge in [-0.15, -0.1) is 30.1 Å². The Bertz CT molecular complexity index is 251. The van der Waals surface area contributed by atoms with E-state index in [9.17, 15) is 4.79 Å². The van der Waals surface area contributed by atoms with Gasteiger partial charge in [-0.25, -0.2) is 4.79 Å². The van der Waals surface area contributed by atoms with Crippen LogP contribution in [-0.2, 0) is 9.53 Å². The Labute approximate surface area is 93.2 Å². The lowest BCUT2D eigenvalue weighted by Crippen LogP contribution is -2.08. The molecule has 0 aliphatic carbocycles. The van der Waals surface area contributed by atoms with Crippen molar-refractivity contribution in [2.75, 3.05) is 18.1 Å². The molecule has 1 heterocycles. The minimum Gasteiger partial charge on any atom is -0.463 e. The van der Waals surface area contributed by atoms with E-state index in [-0.39, 0.29) is 5.97 Å². The first-order valence-electron chi connectivity index (χ1n) is 4.56. The standard InChI is InChI=1S/C10H14O2S2/c1-3-5-8(9(11)12-4-2)10-13-6-7-14-10/h3H,1,4-7H2,2H3. The minimum absolute atomic E-state index is 0.190. The molecule has 0 aromatic carbocycles. The summed E-state index contributed by atoms with van der Waals surface area (Å²) in [6.45, 7) is 5.91. The van der Waals surface area contributed by atoms with Gasteiger partial charge in [-0.1, -0.05) is 6.08 Å². The zero-order valence-corrected chi connectivity index (χ0v) is 9.88. The van der Waals surface area contributed by atoms with Crippen LogP contribution < -0.4 is 0 Å². The van der Waals surface area contributed by atoms with E-state index in [1.54, 1.807) is 29.6 Å². The number of carbonyl (C=O) groups is 1. The normalized spacial score (nSPS) is 15.4. The first-order chi connectivity index (χ1) is 6.79. The molecule has 1 rings (SSSR count). The first-order valence-corrected chi connectivity index (χ1v) is 6.53. The Morgan fingerprint density at radius 3 is 2.71 bits per heavy atom. The molecule has 0 radical (unpaired) electrons. The number of hydrogen-bond acceptors (Lipinski definition) is 4. The molecule has 1 aliphatic heterocycles. The monoisotopic (exact) mass is 230 g/mol. The second-order valence-corrected chi connectivity index (χ2v) is 5.14. The van der Waals surface area contributed by atoms with Crippen molar-refractivity contribution in [2.45, 2.75) is 13.3 Å². The van der Waals surface area contributed by atoms with Crippen LogP contribution in [0.1, 0.15) is 13.3 Å². The summed E-state index contributed by atoms with van der Waals surface area (Å²) in [5.74, 6) is 1.98. The van der Waals surface area contributed by atoms with Crippen LogP contribution in [0.15, 0.2) is 22.5 Å². The van der Waals surface area contributed by atoms with Gasteiger partial charge in [0.25, 0.3) is 0 Å². The van der Waals surface area contributed by atoms with Crippen LogP contribution >= 0.6 is 23.5 Å². The molecule has 0 aromatic heterocycles. The second kappa shape index (κ2) is 6.19. The molecule has 0 aromatic rings. The molecule has 1 saturated heterocycles. The van der Waals surface area contributed by atoms with Crippen LogP contribution in [0, 0.1) is 0 Å². The molecule has 0 spiro atoms. The highest BCUT2D eigenvalue weighted by atomic mass is 32.2. The van der Waals surface area contributed by atoms with Crippen molar-refractivity contribution >= 4 is 29.5 Å². The maximum absolute atomic E-state index is 11.6. The number of ether oxygens (including phenoxy) is 1. The van der Waals surface area contributed by atoms with E-state index in [0.29, 0.717) is 13.0 Å². The molecular weight excluding hydrogens is 216 g/mol. The van der Waals surface area contributed by atoms with E-state index in [0.717, 1.165) is 21.3 Å². The van der Waals surface area contributed by atoms with Gasteiger partial charge in [0.1, 0.15) is 0 Å². The Morgan fingerprint density at radius 2 is 2.21 bits per heavy atom. The molecule has 0 unspecified atom stereocenters. The lowest BCUT2D eigenvalue weighted by atomic mass is 10.2. The van der Waals surface area contributed by atoms with E-state index in [4.69, 9.17) is 4.74 Å². The topological polar surface area (TPSA) is 26.3 Å². The zero-order valence-electron chi connectivity index (χ0n) is 8.25. The van der Waals surface area contributed by atoms with E-state index < -0.39 is 0 Å². The van der Waals surface area contributed by atoms with Crippen LogP contribution in [0.25, 0.3) is 0 Å². The lowest BCUT2D eigenvalue weighted by Gasteiger charge is -2.06. The second-order valence-electron chi connectivity index (χ2n) is 2.68. The van der Waals surface area contributed by atoms with Gasteiger partial charge in [0.05, 0.1) is 16.4 Å². The average Bonchev–Trinajstić information content (AvgIpc) is 2.67. The molecule has 14 heavy (non-hydrogen) atoms. The molecule has 0 atom stereocenters. The maximum atomic E-state index is 11.6. The van der Waals surface area contributed by atoms with Gasteiger partial charge in [-0.05, 0) is 13.3 Å². The van der Waals surface area contributed by atoms with E-state index in [1.807, 2.05) is 6.92 Å². The van der Waals surface area contributed by atoms with E-state index in [1.165, 1.54) is 0 Å². The van der Waals surface area contributed by atoms with Crippen molar-refractivity contribution in [3.8, 4) is 0 Å². The molecular formula is C10H14O2S2. The van der Waals surface area contributed by atoms with Crippen LogP contribution in [0.5, 0.6) is 0 Å². The van der Waals surface area contributed by atoms with Crippen molar-refractivity contribution in [1.82, 2.24) is 0 Å². The number of hydrogen-bond donors (Lipinski definition) is 0. The predicted octanol–water partition coefficient (Wildman–Crippen LogP) is 2.82. The Morgan fingerprint density at radius 1 is 1.57 bits per heavy atom. The number of esters is 1. The van der Waals surface area contributed by atoms with Crippen LogP contribution in [0.2, 0.25) is 0 Å². The molecule has 0 saturated carbocycles. The molecule has 2 nitrogen and oxygen atoms in total. The van der Waals surface area contributed by atoms with Crippen molar-refractivity contribution in [3.05, 3.63) is 22.5 Å². The summed E-state index contributed by atoms with van der Waals surface area (Å²) in [5, 5.41) is 0. The van der Waals surface area contributed by atoms with Crippen LogP contribution in [0.3, 0.4) is 0 Å². The Hall–Kier alpha value is -0.350. The van der Waals surface area contributed by atoms with Crippen LogP contribution in [0.4, 0.5) is 0 Å². The Kier molecular flexibility index (Phi) is 5.19. The third kappa shape index (κ3) is 3.10. The quantitative estimate of drug-likeness (QED) is 0.421. The first kappa shape index (κ1) is 11.7. The van der Waals surface area contributed by atoms with Gasteiger partial charge >= 0.3 is 5.97 Å². The number of rotatable bonds is 4. The maximum Gasteiger partial charge on any atom is 0.335 e. The predicted molar refractivity (Wildman–Crippen MR) is 63.4 cm³/mol. The van der Waals surface area contributed by atoms with E-state index >= 15 is 0 Å². The van der Waals surface area contributed by atoms with E-state index in [2.05, 4.69) is 6.58 Å². The number of allylic oxidation sites excluding steroid dienone is 1. The fourth-order valence-electron chi connectivity index (χ4n) is 1.10. The molecule has 78 valence electrons. The summed E-state index contributed by atoms with van der Waals surface area (Å²) in [4.78, 5) is 11.6. The smallest absolute Gasteiger partial charge is 0.335 e. The fraction of sp³-hybridized carbons (Fsp3) is 0.500. The van der Waals surface area contributed by atoms with Crippen LogP contribution in [-0.4, -0.2) is 24.1 Å². The largest absolute Gasteiger partial charge is 0.463 e. The highest BCUT2D eigenvalue weighted by molar-refractivity contribution is 8.25. The highest BCUT2D eigenvalue weighted by Gasteiger charge is 2.19. The van der Waals surface area contributed by atoms with Gasteiger partial charge in [0.2, 0.25) is 0 Å². The van der Waals surface area contributed by atoms with Crippen molar-refractivity contribution in [2.24, 2.45) is 0 Å². The van der Waals surface area contributed by atoms with Gasteiger partial charge in [0.15, 0.2) is 0 Å². The van der Waals surface area contributed by atoms with Crippen molar-refractivity contribution < 1.29 is 9.53 Å². The highest BCUT2D eigenvalue weighted by Crippen LogP contribution is 2.39. The summed E-state index contributed by atoms with van der Waals surface area (Å²) < 4.78 is 6.11. The fourth-order valence-corrected chi connectivity index (χ4v) is 3.65. The van der Waals surface area contributed by atoms with Gasteiger partial charge < -0.3 is 4.74 Å². The van der Waals surface area contributed by atoms with Crippen molar-refractivity contribution in [1.29, 1.82) is 0 Å². The average molecular weight is 230 g/mol. The zero-order chi connectivity index (χ0) is 10.4. The SMILES string of the molecule is C=CCC(C(=O)OCC)=C1SCCS1. The molecule has 1 fully saturated rings. The number of carbonyl (C=O) groups excluding carboxylic acids is 1. The summed E-state index contributed by atoms with van der Waals surface area (Å²) in [6, 6.07) is 0. The molecule has 4 heteroatoms. The third-order valence-corrected chi connectivity index (χ3v) is 4.47. The van der Waals surface area contributed by atoms with Gasteiger partial charge in [-0.2, -0.15) is 0 Å². The Balaban J connectivity index is 2.76. The minimum atomic E-state index is -0.190. The summed E-state index contributed by atoms with van der Waals surface area (Å²) in [7, 11) is 0. The molecule has 0 amide bonds.